The fourth-order valence-corrected chi connectivity index (χ4v) is 2.48. The van der Waals surface area contributed by atoms with Crippen LogP contribution in [-0.4, -0.2) is 46.5 Å². The van der Waals surface area contributed by atoms with Gasteiger partial charge in [0.15, 0.2) is 6.61 Å². The van der Waals surface area contributed by atoms with Crippen molar-refractivity contribution >= 4 is 22.9 Å². The zero-order valence-electron chi connectivity index (χ0n) is 15.0. The first-order chi connectivity index (χ1) is 12.4. The summed E-state index contributed by atoms with van der Waals surface area (Å²) >= 11 is 0. The summed E-state index contributed by atoms with van der Waals surface area (Å²) in [6, 6.07) is 6.67. The van der Waals surface area contributed by atoms with E-state index >= 15 is 0 Å². The number of rotatable bonds is 6. The first kappa shape index (κ1) is 19.1. The van der Waals surface area contributed by atoms with Crippen molar-refractivity contribution in [1.29, 1.82) is 5.26 Å². The molecule has 0 aliphatic rings. The van der Waals surface area contributed by atoms with E-state index in [1.54, 1.807) is 30.7 Å². The second-order valence-corrected chi connectivity index (χ2v) is 5.75. The fraction of sp³-hybridized carbons (Fsp3) is 0.389. The number of hydrogen-bond donors (Lipinski definition) is 0. The monoisotopic (exact) mass is 356 g/mol. The lowest BCUT2D eigenvalue weighted by Crippen LogP contribution is -2.31. The highest BCUT2D eigenvalue weighted by Crippen LogP contribution is 2.14. The summed E-state index contributed by atoms with van der Waals surface area (Å²) in [5, 5.41) is 8.52. The fourth-order valence-electron chi connectivity index (χ4n) is 2.48. The van der Waals surface area contributed by atoms with Crippen molar-refractivity contribution in [2.24, 2.45) is 0 Å². The third-order valence-electron chi connectivity index (χ3n) is 3.97. The Morgan fingerprint density at radius 2 is 2.12 bits per heavy atom. The van der Waals surface area contributed by atoms with Gasteiger partial charge < -0.3 is 14.2 Å². The Bertz CT molecular complexity index is 943. The van der Waals surface area contributed by atoms with Crippen LogP contribution < -0.4 is 5.56 Å². The number of nitrogens with zero attached hydrogens (tertiary/aromatic N) is 4. The zero-order valence-corrected chi connectivity index (χ0v) is 15.0. The van der Waals surface area contributed by atoms with Crippen molar-refractivity contribution in [2.45, 2.75) is 26.8 Å². The van der Waals surface area contributed by atoms with Gasteiger partial charge in [0.05, 0.1) is 29.1 Å². The average molecular weight is 356 g/mol. The number of aromatic nitrogens is 2. The van der Waals surface area contributed by atoms with Gasteiger partial charge in [0.2, 0.25) is 0 Å². The molecule has 136 valence electrons. The maximum Gasteiger partial charge on any atom is 0.338 e. The molecule has 26 heavy (non-hydrogen) atoms. The van der Waals surface area contributed by atoms with E-state index in [9.17, 15) is 14.4 Å². The third kappa shape index (κ3) is 4.06. The van der Waals surface area contributed by atoms with Gasteiger partial charge in [-0.1, -0.05) is 0 Å². The number of nitriles is 1. The molecule has 0 radical (unpaired) electrons. The molecule has 1 heterocycles. The quantitative estimate of drug-likeness (QED) is 0.721. The Morgan fingerprint density at radius 1 is 1.38 bits per heavy atom. The predicted molar refractivity (Wildman–Crippen MR) is 94.6 cm³/mol. The van der Waals surface area contributed by atoms with E-state index in [0.717, 1.165) is 0 Å². The van der Waals surface area contributed by atoms with Crippen molar-refractivity contribution in [2.75, 3.05) is 20.2 Å². The molecule has 2 aromatic rings. The lowest BCUT2D eigenvalue weighted by molar-refractivity contribution is -0.133. The second kappa shape index (κ2) is 8.25. The molecule has 0 N–H and O–H groups in total. The minimum absolute atomic E-state index is 0.165. The van der Waals surface area contributed by atoms with Crippen LogP contribution in [0.15, 0.2) is 23.0 Å². The molecule has 1 aromatic heterocycles. The largest absolute Gasteiger partial charge is 0.452 e. The molecule has 0 aliphatic carbocycles. The highest BCUT2D eigenvalue weighted by molar-refractivity contribution is 5.94. The SMILES string of the molecule is CCn1c(=O)c(C)nc2cc(C(=O)OCC(=O)N(C)CCC#N)ccc21. The van der Waals surface area contributed by atoms with Crippen molar-refractivity contribution < 1.29 is 14.3 Å². The van der Waals surface area contributed by atoms with Gasteiger partial charge >= 0.3 is 5.97 Å². The number of benzene rings is 1. The summed E-state index contributed by atoms with van der Waals surface area (Å²) in [4.78, 5) is 41.7. The summed E-state index contributed by atoms with van der Waals surface area (Å²) in [6.07, 6.45) is 0.213. The van der Waals surface area contributed by atoms with E-state index in [0.29, 0.717) is 23.3 Å². The molecule has 0 aliphatic heterocycles. The summed E-state index contributed by atoms with van der Waals surface area (Å²) < 4.78 is 6.62. The smallest absolute Gasteiger partial charge is 0.338 e. The van der Waals surface area contributed by atoms with Crippen LogP contribution in [0.1, 0.15) is 29.4 Å². The third-order valence-corrected chi connectivity index (χ3v) is 3.97. The van der Waals surface area contributed by atoms with Gasteiger partial charge in [-0.25, -0.2) is 9.78 Å². The van der Waals surface area contributed by atoms with Crippen molar-refractivity contribution in [1.82, 2.24) is 14.5 Å². The van der Waals surface area contributed by atoms with E-state index in [2.05, 4.69) is 4.98 Å². The number of likely N-dealkylation sites (N-methyl/N-ethyl adjacent to an activating group) is 1. The van der Waals surface area contributed by atoms with Gasteiger partial charge in [-0.2, -0.15) is 5.26 Å². The Labute approximate surface area is 150 Å². The van der Waals surface area contributed by atoms with Crippen LogP contribution in [0.2, 0.25) is 0 Å². The Hall–Kier alpha value is -3.21. The minimum atomic E-state index is -0.650. The molecule has 0 spiro atoms. The van der Waals surface area contributed by atoms with Crippen LogP contribution in [0.25, 0.3) is 11.0 Å². The first-order valence-corrected chi connectivity index (χ1v) is 8.18. The molecular weight excluding hydrogens is 336 g/mol. The molecule has 0 atom stereocenters. The first-order valence-electron chi connectivity index (χ1n) is 8.18. The summed E-state index contributed by atoms with van der Waals surface area (Å²) in [5.41, 5.74) is 1.57. The van der Waals surface area contributed by atoms with Gasteiger partial charge in [0.1, 0.15) is 5.69 Å². The van der Waals surface area contributed by atoms with Crippen molar-refractivity contribution in [3.05, 3.63) is 39.8 Å². The average Bonchev–Trinajstić information content (AvgIpc) is 2.64. The molecule has 1 aromatic carbocycles. The number of amides is 1. The molecule has 2 rings (SSSR count). The number of ether oxygens (including phenoxy) is 1. The lowest BCUT2D eigenvalue weighted by atomic mass is 10.2. The molecule has 8 nitrogen and oxygen atoms in total. The molecule has 0 saturated carbocycles. The molecule has 0 unspecified atom stereocenters. The zero-order chi connectivity index (χ0) is 19.3. The maximum atomic E-state index is 12.2. The summed E-state index contributed by atoms with van der Waals surface area (Å²) in [7, 11) is 1.54. The van der Waals surface area contributed by atoms with Gasteiger partial charge in [-0.15, -0.1) is 0 Å². The highest BCUT2D eigenvalue weighted by Gasteiger charge is 2.15. The van der Waals surface area contributed by atoms with Gasteiger partial charge in [0, 0.05) is 20.1 Å². The van der Waals surface area contributed by atoms with E-state index < -0.39 is 12.6 Å². The predicted octanol–water partition coefficient (Wildman–Crippen LogP) is 1.25. The van der Waals surface area contributed by atoms with Crippen molar-refractivity contribution in [3.8, 4) is 6.07 Å². The van der Waals surface area contributed by atoms with E-state index in [-0.39, 0.29) is 30.0 Å². The number of hydrogen-bond acceptors (Lipinski definition) is 6. The molecule has 0 saturated heterocycles. The van der Waals surface area contributed by atoms with Crippen LogP contribution in [-0.2, 0) is 16.1 Å². The number of carbonyl (C=O) groups is 2. The Morgan fingerprint density at radius 3 is 2.77 bits per heavy atom. The van der Waals surface area contributed by atoms with Crippen LogP contribution in [0.3, 0.4) is 0 Å². The highest BCUT2D eigenvalue weighted by atomic mass is 16.5. The minimum Gasteiger partial charge on any atom is -0.452 e. The second-order valence-electron chi connectivity index (χ2n) is 5.75. The molecule has 1 amide bonds. The van der Waals surface area contributed by atoms with Crippen LogP contribution in [0.4, 0.5) is 0 Å². The lowest BCUT2D eigenvalue weighted by Gasteiger charge is -2.15. The van der Waals surface area contributed by atoms with Crippen LogP contribution in [0, 0.1) is 18.3 Å². The van der Waals surface area contributed by atoms with E-state index in [1.165, 1.54) is 11.0 Å². The number of fused-ring (bicyclic) bond motifs is 1. The van der Waals surface area contributed by atoms with Crippen LogP contribution >= 0.6 is 0 Å². The van der Waals surface area contributed by atoms with Gasteiger partial charge in [-0.3, -0.25) is 9.59 Å². The Balaban J connectivity index is 2.16. The Kier molecular flexibility index (Phi) is 6.07. The van der Waals surface area contributed by atoms with E-state index in [4.69, 9.17) is 10.00 Å². The summed E-state index contributed by atoms with van der Waals surface area (Å²) in [6.45, 7) is 3.85. The summed E-state index contributed by atoms with van der Waals surface area (Å²) in [5.74, 6) is -1.04. The van der Waals surface area contributed by atoms with Gasteiger partial charge in [0.25, 0.3) is 11.5 Å². The topological polar surface area (TPSA) is 105 Å². The number of esters is 1. The standard InChI is InChI=1S/C18H20N4O4/c1-4-22-15-7-6-13(10-14(15)20-12(2)17(22)24)18(25)26-11-16(23)21(3)9-5-8-19/h6-7,10H,4-5,9,11H2,1-3H3. The number of aryl methyl sites for hydroxylation is 2. The molecular formula is C18H20N4O4. The molecule has 8 heteroatoms. The van der Waals surface area contributed by atoms with Gasteiger partial charge in [-0.05, 0) is 32.0 Å². The molecule has 0 bridgehead atoms. The number of carbonyl (C=O) groups excluding carboxylic acids is 2. The molecule has 0 fully saturated rings. The van der Waals surface area contributed by atoms with E-state index in [1.807, 2.05) is 13.0 Å². The normalized spacial score (nSPS) is 10.4. The van der Waals surface area contributed by atoms with Crippen molar-refractivity contribution in [3.63, 3.8) is 0 Å². The van der Waals surface area contributed by atoms with Crippen LogP contribution in [0.5, 0.6) is 0 Å². The maximum absolute atomic E-state index is 12.2.